The van der Waals surface area contributed by atoms with Gasteiger partial charge in [0.15, 0.2) is 11.8 Å². The highest BCUT2D eigenvalue weighted by Gasteiger charge is 2.49. The molecule has 1 atom stereocenters. The molecule has 1 aromatic carbocycles. The summed E-state index contributed by atoms with van der Waals surface area (Å²) in [5, 5.41) is 4.44. The van der Waals surface area contributed by atoms with Crippen molar-refractivity contribution in [2.45, 2.75) is 19.1 Å². The summed E-state index contributed by atoms with van der Waals surface area (Å²) in [4.78, 5) is 39.1. The number of thioether (sulfide) groups is 1. The number of carbonyl (C=O) groups excluding carboxylic acids is 3. The molecule has 0 saturated heterocycles. The number of nitrogens with zero attached hydrogens (tertiary/aromatic N) is 2. The van der Waals surface area contributed by atoms with Crippen LogP contribution in [-0.4, -0.2) is 51.4 Å². The Kier molecular flexibility index (Phi) is 5.48. The van der Waals surface area contributed by atoms with Crippen LogP contribution in [0.15, 0.2) is 35.7 Å². The smallest absolute Gasteiger partial charge is 0.321 e. The first-order chi connectivity index (χ1) is 12.4. The number of imide groups is 1. The van der Waals surface area contributed by atoms with Crippen LogP contribution in [0.2, 0.25) is 5.02 Å². The molecule has 8 heteroatoms. The summed E-state index contributed by atoms with van der Waals surface area (Å²) in [5.41, 5.74) is 1.04. The van der Waals surface area contributed by atoms with Crippen molar-refractivity contribution in [1.29, 1.82) is 0 Å². The third kappa shape index (κ3) is 3.68. The second-order valence-electron chi connectivity index (χ2n) is 6.48. The molecule has 2 aliphatic heterocycles. The molecular weight excluding hydrogens is 374 g/mol. The van der Waals surface area contributed by atoms with Gasteiger partial charge in [-0.3, -0.25) is 4.79 Å². The van der Waals surface area contributed by atoms with Crippen molar-refractivity contribution < 1.29 is 19.0 Å². The molecule has 2 aliphatic rings. The summed E-state index contributed by atoms with van der Waals surface area (Å²) in [6.45, 7) is 4.02. The maximum Gasteiger partial charge on any atom is 0.501 e. The second kappa shape index (κ2) is 7.63. The number of nitrogens with one attached hydrogen (secondary N) is 1. The zero-order valence-corrected chi connectivity index (χ0v) is 16.0. The highest BCUT2D eigenvalue weighted by Crippen LogP contribution is 2.28. The molecule has 136 valence electrons. The van der Waals surface area contributed by atoms with Gasteiger partial charge in [0.1, 0.15) is 5.71 Å². The molecule has 0 bridgehead atoms. The molecule has 1 aromatic rings. The number of rotatable bonds is 5. The van der Waals surface area contributed by atoms with Crippen LogP contribution in [0.1, 0.15) is 13.8 Å². The lowest BCUT2D eigenvalue weighted by Crippen LogP contribution is -2.57. The van der Waals surface area contributed by atoms with Crippen molar-refractivity contribution in [3.05, 3.63) is 40.8 Å². The van der Waals surface area contributed by atoms with E-state index in [0.29, 0.717) is 23.0 Å². The predicted molar refractivity (Wildman–Crippen MR) is 103 cm³/mol. The number of para-hydroxylation sites is 1. The number of carbonyl (C=O) groups is 3. The van der Waals surface area contributed by atoms with Crippen LogP contribution in [0.4, 0.5) is 10.5 Å². The molecule has 0 saturated carbocycles. The van der Waals surface area contributed by atoms with Gasteiger partial charge >= 0.3 is 11.9 Å². The SMILES string of the molecule is CC(C)CN1C(=O)C2SC=CC2=[N+](CC(=O)Nc2ccccc2Cl)C1=O. The van der Waals surface area contributed by atoms with Gasteiger partial charge in [0.25, 0.3) is 5.91 Å². The second-order valence-corrected chi connectivity index (χ2v) is 7.91. The van der Waals surface area contributed by atoms with E-state index < -0.39 is 11.3 Å². The molecule has 0 aromatic heterocycles. The average Bonchev–Trinajstić information content (AvgIpc) is 3.07. The van der Waals surface area contributed by atoms with Gasteiger partial charge in [0.05, 0.1) is 17.3 Å². The minimum Gasteiger partial charge on any atom is -0.321 e. The van der Waals surface area contributed by atoms with Gasteiger partial charge in [-0.05, 0) is 29.5 Å². The van der Waals surface area contributed by atoms with Crippen LogP contribution in [0.5, 0.6) is 0 Å². The number of allylic oxidation sites excluding steroid dienone is 1. The van der Waals surface area contributed by atoms with E-state index >= 15 is 0 Å². The number of halogens is 1. The molecule has 1 unspecified atom stereocenters. The summed E-state index contributed by atoms with van der Waals surface area (Å²) >= 11 is 7.41. The van der Waals surface area contributed by atoms with Crippen LogP contribution in [-0.2, 0) is 9.59 Å². The summed E-state index contributed by atoms with van der Waals surface area (Å²) in [5.74, 6) is -0.457. The number of amides is 4. The number of fused-ring (bicyclic) bond motifs is 1. The van der Waals surface area contributed by atoms with E-state index in [0.717, 1.165) is 0 Å². The molecule has 0 aliphatic carbocycles. The largest absolute Gasteiger partial charge is 0.501 e. The van der Waals surface area contributed by atoms with Gasteiger partial charge in [0.2, 0.25) is 0 Å². The average molecular weight is 393 g/mol. The lowest BCUT2D eigenvalue weighted by molar-refractivity contribution is -0.426. The molecule has 0 fully saturated rings. The topological polar surface area (TPSA) is 69.5 Å². The minimum atomic E-state index is -0.473. The predicted octanol–water partition coefficient (Wildman–Crippen LogP) is 2.98. The van der Waals surface area contributed by atoms with Gasteiger partial charge < -0.3 is 5.32 Å². The highest BCUT2D eigenvalue weighted by molar-refractivity contribution is 8.04. The number of hydrogen-bond acceptors (Lipinski definition) is 4. The fourth-order valence-electron chi connectivity index (χ4n) is 2.84. The number of benzene rings is 1. The maximum atomic E-state index is 12.8. The van der Waals surface area contributed by atoms with Crippen molar-refractivity contribution in [3.63, 3.8) is 0 Å². The molecule has 6 nitrogen and oxygen atoms in total. The van der Waals surface area contributed by atoms with Gasteiger partial charge in [-0.1, -0.05) is 37.6 Å². The number of urea groups is 1. The Hall–Kier alpha value is -2.12. The summed E-state index contributed by atoms with van der Waals surface area (Å²) in [7, 11) is 0. The van der Waals surface area contributed by atoms with Crippen LogP contribution < -0.4 is 5.32 Å². The molecular formula is C18H19ClN3O3S+. The van der Waals surface area contributed by atoms with Gasteiger partial charge in [-0.25, -0.2) is 4.79 Å². The third-order valence-corrected chi connectivity index (χ3v) is 5.32. The molecule has 0 spiro atoms. The van der Waals surface area contributed by atoms with Crippen LogP contribution in [0, 0.1) is 5.92 Å². The van der Waals surface area contributed by atoms with E-state index in [-0.39, 0.29) is 24.3 Å². The third-order valence-electron chi connectivity index (χ3n) is 3.98. The molecule has 3 rings (SSSR count). The van der Waals surface area contributed by atoms with E-state index in [1.54, 1.807) is 35.7 Å². The molecule has 1 N–H and O–H groups in total. The Labute approximate surface area is 160 Å². The monoisotopic (exact) mass is 392 g/mol. The Morgan fingerprint density at radius 3 is 2.77 bits per heavy atom. The summed E-state index contributed by atoms with van der Waals surface area (Å²) < 4.78 is 1.37. The lowest BCUT2D eigenvalue weighted by Gasteiger charge is -2.25. The molecule has 2 heterocycles. The van der Waals surface area contributed by atoms with E-state index in [1.165, 1.54) is 21.2 Å². The zero-order chi connectivity index (χ0) is 18.8. The standard InChI is InChI=1S/C18H18ClN3O3S/c1-11(2)9-22-17(24)16-14(7-8-26-16)21(18(22)25)10-15(23)20-13-6-4-3-5-12(13)19/h3-8,11,16H,9-10H2,1-2H3/p+1. The summed E-state index contributed by atoms with van der Waals surface area (Å²) in [6, 6.07) is 6.43. The Morgan fingerprint density at radius 2 is 2.08 bits per heavy atom. The number of hydrogen-bond donors (Lipinski definition) is 1. The van der Waals surface area contributed by atoms with Crippen molar-refractivity contribution in [2.24, 2.45) is 5.92 Å². The van der Waals surface area contributed by atoms with Crippen molar-refractivity contribution in [1.82, 2.24) is 4.90 Å². The van der Waals surface area contributed by atoms with E-state index in [2.05, 4.69) is 5.32 Å². The van der Waals surface area contributed by atoms with E-state index in [1.807, 2.05) is 13.8 Å². The Bertz CT molecular complexity index is 835. The van der Waals surface area contributed by atoms with Crippen molar-refractivity contribution in [2.75, 3.05) is 18.4 Å². The van der Waals surface area contributed by atoms with Crippen molar-refractivity contribution >= 4 is 52.6 Å². The first-order valence-electron chi connectivity index (χ1n) is 8.24. The van der Waals surface area contributed by atoms with E-state index in [9.17, 15) is 14.4 Å². The lowest BCUT2D eigenvalue weighted by atomic mass is 10.1. The minimum absolute atomic E-state index is 0.141. The number of anilines is 1. The highest BCUT2D eigenvalue weighted by atomic mass is 35.5. The van der Waals surface area contributed by atoms with Crippen LogP contribution >= 0.6 is 23.4 Å². The quantitative estimate of drug-likeness (QED) is 0.782. The van der Waals surface area contributed by atoms with Crippen LogP contribution in [0.3, 0.4) is 0 Å². The van der Waals surface area contributed by atoms with Gasteiger partial charge in [-0.2, -0.15) is 14.3 Å². The van der Waals surface area contributed by atoms with E-state index in [4.69, 9.17) is 11.6 Å². The normalized spacial score (nSPS) is 19.4. The maximum absolute atomic E-state index is 12.8. The van der Waals surface area contributed by atoms with Crippen molar-refractivity contribution in [3.8, 4) is 0 Å². The fourth-order valence-corrected chi connectivity index (χ4v) is 3.99. The first kappa shape index (κ1) is 18.7. The summed E-state index contributed by atoms with van der Waals surface area (Å²) in [6.07, 6.45) is 1.72. The fraction of sp³-hybridized carbons (Fsp3) is 0.333. The first-order valence-corrected chi connectivity index (χ1v) is 9.56. The molecule has 26 heavy (non-hydrogen) atoms. The molecule has 4 amide bonds. The Morgan fingerprint density at radius 1 is 1.35 bits per heavy atom. The van der Waals surface area contributed by atoms with Crippen LogP contribution in [0.25, 0.3) is 0 Å². The Balaban J connectivity index is 1.84. The van der Waals surface area contributed by atoms with Gasteiger partial charge in [-0.15, -0.1) is 11.8 Å². The zero-order valence-electron chi connectivity index (χ0n) is 14.4. The van der Waals surface area contributed by atoms with Gasteiger partial charge in [0, 0.05) is 0 Å². The molecule has 0 radical (unpaired) electrons.